The molecule has 0 N–H and O–H groups in total. The van der Waals surface area contributed by atoms with Crippen molar-refractivity contribution in [2.45, 2.75) is 0 Å². The normalized spacial score (nSPS) is 11.3. The molecular formula is C58H40N2. The summed E-state index contributed by atoms with van der Waals surface area (Å²) in [5.41, 5.74) is 19.0. The maximum absolute atomic E-state index is 2.44. The molecule has 2 nitrogen and oxygen atoms in total. The Labute approximate surface area is 350 Å². The topological polar surface area (TPSA) is 7.65 Å². The van der Waals surface area contributed by atoms with Crippen molar-refractivity contribution >= 4 is 44.4 Å². The van der Waals surface area contributed by atoms with Crippen LogP contribution in [0.2, 0.25) is 0 Å². The van der Waals surface area contributed by atoms with E-state index in [4.69, 9.17) is 0 Å². The highest BCUT2D eigenvalue weighted by Crippen LogP contribution is 2.41. The first kappa shape index (κ1) is 35.2. The molecule has 0 amide bonds. The highest BCUT2D eigenvalue weighted by Gasteiger charge is 2.18. The van der Waals surface area contributed by atoms with Crippen LogP contribution in [-0.4, -0.2) is 4.40 Å². The van der Waals surface area contributed by atoms with Gasteiger partial charge in [-0.15, -0.1) is 0 Å². The third kappa shape index (κ3) is 6.32. The number of benzene rings is 9. The molecule has 2 aromatic heterocycles. The summed E-state index contributed by atoms with van der Waals surface area (Å²) in [5.74, 6) is 0. The third-order valence-corrected chi connectivity index (χ3v) is 11.8. The van der Waals surface area contributed by atoms with Gasteiger partial charge in [-0.2, -0.15) is 0 Å². The minimum absolute atomic E-state index is 1.10. The van der Waals surface area contributed by atoms with E-state index in [2.05, 4.69) is 252 Å². The monoisotopic (exact) mass is 764 g/mol. The van der Waals surface area contributed by atoms with Gasteiger partial charge in [0.2, 0.25) is 0 Å². The first-order chi connectivity index (χ1) is 29.8. The standard InChI is InChI=1S/C58H40N2/c1-4-15-43(16-5-1)52-24-11-12-25-53(52)44-31-35-50(36-32-44)59(49-21-8-3-9-22-49)51-23-14-20-47(39-51)41-27-29-42(30-28-41)48-33-37-54-57(40-48)60-55-26-13-10-17-45(55)34-38-56(60)58(54)46-18-6-2-7-19-46/h1-40H. The summed E-state index contributed by atoms with van der Waals surface area (Å²) in [7, 11) is 0. The predicted octanol–water partition coefficient (Wildman–Crippen LogP) is 16.1. The minimum atomic E-state index is 1.10. The Kier molecular flexibility index (Phi) is 8.87. The fraction of sp³-hybridized carbons (Fsp3) is 0. The summed E-state index contributed by atoms with van der Waals surface area (Å²) in [5, 5.41) is 2.48. The van der Waals surface area contributed by atoms with Crippen LogP contribution in [-0.2, 0) is 0 Å². The number of hydrogen-bond donors (Lipinski definition) is 0. The number of pyridine rings is 1. The van der Waals surface area contributed by atoms with Crippen molar-refractivity contribution in [3.63, 3.8) is 0 Å². The van der Waals surface area contributed by atoms with Gasteiger partial charge >= 0.3 is 0 Å². The van der Waals surface area contributed by atoms with Crippen LogP contribution in [0.4, 0.5) is 17.1 Å². The summed E-state index contributed by atoms with van der Waals surface area (Å²) in [6.07, 6.45) is 0. The van der Waals surface area contributed by atoms with Crippen molar-refractivity contribution in [2.24, 2.45) is 0 Å². The maximum Gasteiger partial charge on any atom is 0.0547 e. The number of anilines is 3. The lowest BCUT2D eigenvalue weighted by atomic mass is 9.94. The molecule has 60 heavy (non-hydrogen) atoms. The van der Waals surface area contributed by atoms with Gasteiger partial charge in [-0.25, -0.2) is 0 Å². The molecular weight excluding hydrogens is 725 g/mol. The lowest BCUT2D eigenvalue weighted by Crippen LogP contribution is -2.09. The minimum Gasteiger partial charge on any atom is -0.310 e. The second-order valence-electron chi connectivity index (χ2n) is 15.3. The predicted molar refractivity (Wildman–Crippen MR) is 254 cm³/mol. The quantitative estimate of drug-likeness (QED) is 0.150. The lowest BCUT2D eigenvalue weighted by molar-refractivity contribution is 1.28. The van der Waals surface area contributed by atoms with Gasteiger partial charge in [0.25, 0.3) is 0 Å². The Morgan fingerprint density at radius 2 is 0.767 bits per heavy atom. The molecule has 0 atom stereocenters. The molecule has 11 rings (SSSR count). The summed E-state index contributed by atoms with van der Waals surface area (Å²) in [6.45, 7) is 0. The highest BCUT2D eigenvalue weighted by molar-refractivity contribution is 6.09. The number of aromatic nitrogens is 1. The maximum atomic E-state index is 2.44. The molecule has 0 aliphatic rings. The van der Waals surface area contributed by atoms with Gasteiger partial charge < -0.3 is 9.30 Å². The second kappa shape index (κ2) is 15.1. The highest BCUT2D eigenvalue weighted by atomic mass is 15.1. The molecule has 11 aromatic rings. The molecule has 0 aliphatic heterocycles. The van der Waals surface area contributed by atoms with Crippen molar-refractivity contribution in [1.29, 1.82) is 0 Å². The van der Waals surface area contributed by atoms with Gasteiger partial charge in [0.1, 0.15) is 0 Å². The van der Waals surface area contributed by atoms with Gasteiger partial charge in [0, 0.05) is 28.0 Å². The SMILES string of the molecule is c1ccc(-c2ccccc2-c2ccc(N(c3ccccc3)c3cccc(-c4ccc(-c5ccc6c(-c7ccccc7)c7ccc8ccccc8n7c6c5)cc4)c3)cc2)cc1. The molecule has 9 aromatic carbocycles. The van der Waals surface area contributed by atoms with Gasteiger partial charge in [0.05, 0.1) is 16.6 Å². The number of nitrogens with zero attached hydrogens (tertiary/aromatic N) is 2. The molecule has 0 spiro atoms. The van der Waals surface area contributed by atoms with E-state index in [9.17, 15) is 0 Å². The first-order valence-electron chi connectivity index (χ1n) is 20.6. The fourth-order valence-corrected chi connectivity index (χ4v) is 8.91. The summed E-state index contributed by atoms with van der Waals surface area (Å²) >= 11 is 0. The molecule has 0 radical (unpaired) electrons. The molecule has 0 unspecified atom stereocenters. The largest absolute Gasteiger partial charge is 0.310 e. The van der Waals surface area contributed by atoms with E-state index in [1.165, 1.54) is 83.0 Å². The van der Waals surface area contributed by atoms with Gasteiger partial charge in [-0.3, -0.25) is 0 Å². The van der Waals surface area contributed by atoms with Crippen molar-refractivity contribution in [3.8, 4) is 55.6 Å². The number of para-hydroxylation sites is 2. The lowest BCUT2D eigenvalue weighted by Gasteiger charge is -2.26. The molecule has 282 valence electrons. The molecule has 0 saturated heterocycles. The zero-order valence-electron chi connectivity index (χ0n) is 33.0. The third-order valence-electron chi connectivity index (χ3n) is 11.8. The summed E-state index contributed by atoms with van der Waals surface area (Å²) in [4.78, 5) is 2.34. The van der Waals surface area contributed by atoms with E-state index < -0.39 is 0 Å². The van der Waals surface area contributed by atoms with Gasteiger partial charge in [-0.05, 0) is 110 Å². The average Bonchev–Trinajstić information content (AvgIpc) is 3.67. The first-order valence-corrected chi connectivity index (χ1v) is 20.6. The Morgan fingerprint density at radius 1 is 0.267 bits per heavy atom. The van der Waals surface area contributed by atoms with Crippen LogP contribution in [0.25, 0.3) is 83.0 Å². The molecule has 2 heteroatoms. The van der Waals surface area contributed by atoms with Crippen LogP contribution in [0.15, 0.2) is 243 Å². The molecule has 0 bridgehead atoms. The van der Waals surface area contributed by atoms with E-state index in [0.717, 1.165) is 17.1 Å². The van der Waals surface area contributed by atoms with Crippen LogP contribution in [0.3, 0.4) is 0 Å². The summed E-state index contributed by atoms with van der Waals surface area (Å²) < 4.78 is 2.44. The van der Waals surface area contributed by atoms with Crippen LogP contribution in [0.5, 0.6) is 0 Å². The Morgan fingerprint density at radius 3 is 1.47 bits per heavy atom. The van der Waals surface area contributed by atoms with Crippen molar-refractivity contribution in [1.82, 2.24) is 4.40 Å². The average molecular weight is 765 g/mol. The van der Waals surface area contributed by atoms with Crippen molar-refractivity contribution in [2.75, 3.05) is 4.90 Å². The van der Waals surface area contributed by atoms with Crippen LogP contribution in [0, 0.1) is 0 Å². The van der Waals surface area contributed by atoms with Crippen LogP contribution >= 0.6 is 0 Å². The van der Waals surface area contributed by atoms with Gasteiger partial charge in [-0.1, -0.05) is 188 Å². The van der Waals surface area contributed by atoms with Crippen molar-refractivity contribution < 1.29 is 0 Å². The molecule has 0 aliphatic carbocycles. The zero-order valence-corrected chi connectivity index (χ0v) is 33.0. The zero-order chi connectivity index (χ0) is 39.8. The second-order valence-corrected chi connectivity index (χ2v) is 15.3. The van der Waals surface area contributed by atoms with E-state index in [1.54, 1.807) is 0 Å². The van der Waals surface area contributed by atoms with E-state index >= 15 is 0 Å². The Balaban J connectivity index is 0.943. The Bertz CT molecular complexity index is 3270. The Hall–Kier alpha value is -7.94. The molecule has 0 saturated carbocycles. The van der Waals surface area contributed by atoms with Crippen LogP contribution < -0.4 is 4.90 Å². The number of hydrogen-bond acceptors (Lipinski definition) is 1. The van der Waals surface area contributed by atoms with Gasteiger partial charge in [0.15, 0.2) is 0 Å². The molecule has 2 heterocycles. The summed E-state index contributed by atoms with van der Waals surface area (Å²) in [6, 6.07) is 87.7. The van der Waals surface area contributed by atoms with E-state index in [1.807, 2.05) is 0 Å². The van der Waals surface area contributed by atoms with Crippen LogP contribution in [0.1, 0.15) is 0 Å². The van der Waals surface area contributed by atoms with Crippen molar-refractivity contribution in [3.05, 3.63) is 243 Å². The smallest absolute Gasteiger partial charge is 0.0547 e. The number of fused-ring (bicyclic) bond motifs is 5. The fourth-order valence-electron chi connectivity index (χ4n) is 8.91. The van der Waals surface area contributed by atoms with E-state index in [-0.39, 0.29) is 0 Å². The number of rotatable bonds is 8. The molecule has 0 fully saturated rings. The van der Waals surface area contributed by atoms with E-state index in [0.29, 0.717) is 0 Å².